The quantitative estimate of drug-likeness (QED) is 0.0973. The first-order chi connectivity index (χ1) is 32.8. The van der Waals surface area contributed by atoms with Crippen molar-refractivity contribution in [2.75, 3.05) is 67.5 Å². The zero-order valence-corrected chi connectivity index (χ0v) is 43.5. The number of carbonyl (C=O) groups excluding carboxylic acids is 3. The molecule has 4 heterocycles. The number of ether oxygens (including phenoxy) is 1. The molecule has 18 heteroatoms. The highest BCUT2D eigenvalue weighted by Gasteiger charge is 2.38. The number of likely N-dealkylation sites (N-methyl/N-ethyl adjacent to an activating group) is 4. The van der Waals surface area contributed by atoms with E-state index in [1.807, 2.05) is 95.3 Å². The third-order valence-electron chi connectivity index (χ3n) is 12.4. The Kier molecular flexibility index (Phi) is 16.9. The topological polar surface area (TPSA) is 146 Å². The molecule has 69 heavy (non-hydrogen) atoms. The van der Waals surface area contributed by atoms with Crippen molar-refractivity contribution in [1.29, 1.82) is 0 Å². The molecule has 368 valence electrons. The van der Waals surface area contributed by atoms with Crippen LogP contribution in [0.4, 0.5) is 13.6 Å². The Hall–Kier alpha value is -5.27. The minimum Gasteiger partial charge on any atom is -0.444 e. The van der Waals surface area contributed by atoms with E-state index in [9.17, 15) is 18.8 Å². The summed E-state index contributed by atoms with van der Waals surface area (Å²) in [5, 5.41) is 19.6. The summed E-state index contributed by atoms with van der Waals surface area (Å²) in [6.45, 7) is 10.5. The Labute approximate surface area is 419 Å². The molecule has 4 aromatic carbocycles. The highest BCUT2D eigenvalue weighted by molar-refractivity contribution is 9.10. The largest absolute Gasteiger partial charge is 0.444 e. The summed E-state index contributed by atoms with van der Waals surface area (Å²) in [6, 6.07) is 21.5. The van der Waals surface area contributed by atoms with Gasteiger partial charge in [0, 0.05) is 90.8 Å². The smallest absolute Gasteiger partial charge is 0.410 e. The number of carbonyl (C=O) groups is 3. The van der Waals surface area contributed by atoms with Crippen LogP contribution in [0.15, 0.2) is 81.7 Å². The van der Waals surface area contributed by atoms with Gasteiger partial charge in [0.15, 0.2) is 0 Å². The van der Waals surface area contributed by atoms with Crippen molar-refractivity contribution in [2.45, 2.75) is 77.2 Å². The number of H-pyrrole nitrogens is 2. The van der Waals surface area contributed by atoms with E-state index in [1.54, 1.807) is 39.9 Å². The number of rotatable bonds is 14. The van der Waals surface area contributed by atoms with Crippen LogP contribution in [0.3, 0.4) is 0 Å². The minimum atomic E-state index is -0.608. The number of aromatic amines is 2. The van der Waals surface area contributed by atoms with Crippen LogP contribution in [0.25, 0.3) is 44.3 Å². The van der Waals surface area contributed by atoms with Crippen molar-refractivity contribution in [2.24, 2.45) is 0 Å². The van der Waals surface area contributed by atoms with E-state index in [0.29, 0.717) is 68.2 Å². The lowest BCUT2D eigenvalue weighted by Gasteiger charge is -2.30. The van der Waals surface area contributed by atoms with Crippen LogP contribution >= 0.6 is 31.9 Å². The molecule has 14 nitrogen and oxygen atoms in total. The van der Waals surface area contributed by atoms with Gasteiger partial charge in [0.25, 0.3) is 0 Å². The summed E-state index contributed by atoms with van der Waals surface area (Å²) < 4.78 is 37.4. The van der Waals surface area contributed by atoms with E-state index < -0.39 is 17.7 Å². The van der Waals surface area contributed by atoms with E-state index in [4.69, 9.17) is 4.74 Å². The number of hydrogen-bond acceptors (Lipinski definition) is 9. The average molecular weight is 1080 g/mol. The Morgan fingerprint density at radius 1 is 0.696 bits per heavy atom. The molecule has 0 bridgehead atoms. The molecule has 8 rings (SSSR count). The maximum atomic E-state index is 15.1. The number of hydrogen-bond donors (Lipinski definition) is 3. The van der Waals surface area contributed by atoms with E-state index in [-0.39, 0.29) is 29.5 Å². The molecular formula is C51H62Br2F2N10O4. The first-order valence-corrected chi connectivity index (χ1v) is 24.9. The summed E-state index contributed by atoms with van der Waals surface area (Å²) >= 11 is 6.88. The molecule has 0 spiro atoms. The van der Waals surface area contributed by atoms with Gasteiger partial charge in [0.1, 0.15) is 34.7 Å². The molecule has 2 atom stereocenters. The van der Waals surface area contributed by atoms with Gasteiger partial charge in [-0.3, -0.25) is 24.7 Å². The van der Waals surface area contributed by atoms with Crippen molar-refractivity contribution >= 4 is 71.6 Å². The zero-order chi connectivity index (χ0) is 49.6. The molecule has 0 unspecified atom stereocenters. The second-order valence-electron chi connectivity index (χ2n) is 19.1. The number of aromatic nitrogens is 4. The average Bonchev–Trinajstić information content (AvgIpc) is 4.15. The number of benzene rings is 4. The lowest BCUT2D eigenvalue weighted by Crippen LogP contribution is -2.49. The Morgan fingerprint density at radius 2 is 1.20 bits per heavy atom. The summed E-state index contributed by atoms with van der Waals surface area (Å²) in [5.74, 6) is -0.556. The molecule has 3 amide bonds. The number of likely N-dealkylation sites (tertiary alicyclic amines) is 1. The van der Waals surface area contributed by atoms with Gasteiger partial charge in [0.05, 0.1) is 17.1 Å². The molecule has 2 aliphatic rings. The maximum absolute atomic E-state index is 15.1. The van der Waals surface area contributed by atoms with Crippen LogP contribution in [-0.2, 0) is 27.4 Å². The fraction of sp³-hybridized carbons (Fsp3) is 0.431. The van der Waals surface area contributed by atoms with Gasteiger partial charge in [-0.2, -0.15) is 10.2 Å². The van der Waals surface area contributed by atoms with Gasteiger partial charge in [-0.25, -0.2) is 13.6 Å². The molecular weight excluding hydrogens is 1010 g/mol. The fourth-order valence-electron chi connectivity index (χ4n) is 8.71. The molecule has 2 fully saturated rings. The Bertz CT molecular complexity index is 2770. The third-order valence-corrected chi connectivity index (χ3v) is 13.4. The highest BCUT2D eigenvalue weighted by Crippen LogP contribution is 2.32. The molecule has 0 aliphatic carbocycles. The third kappa shape index (κ3) is 13.1. The number of nitrogens with zero attached hydrogens (tertiary/aromatic N) is 7. The second-order valence-corrected chi connectivity index (χ2v) is 21.0. The van der Waals surface area contributed by atoms with Crippen molar-refractivity contribution in [3.63, 3.8) is 0 Å². The van der Waals surface area contributed by atoms with Gasteiger partial charge in [-0.1, -0.05) is 44.0 Å². The zero-order valence-electron chi connectivity index (χ0n) is 40.3. The minimum absolute atomic E-state index is 0.0452. The summed E-state index contributed by atoms with van der Waals surface area (Å²) in [6.07, 6.45) is 2.92. The van der Waals surface area contributed by atoms with Crippen LogP contribution in [0.5, 0.6) is 0 Å². The number of amides is 3. The van der Waals surface area contributed by atoms with Gasteiger partial charge in [-0.15, -0.1) is 0 Å². The normalized spacial score (nSPS) is 16.1. The van der Waals surface area contributed by atoms with Crippen molar-refractivity contribution in [3.05, 3.63) is 105 Å². The molecule has 2 aromatic heterocycles. The van der Waals surface area contributed by atoms with Crippen LogP contribution in [0.2, 0.25) is 0 Å². The predicted octanol–water partition coefficient (Wildman–Crippen LogP) is 9.19. The van der Waals surface area contributed by atoms with Gasteiger partial charge >= 0.3 is 6.09 Å². The summed E-state index contributed by atoms with van der Waals surface area (Å²) in [7, 11) is 7.52. The Morgan fingerprint density at radius 3 is 1.67 bits per heavy atom. The Balaban J connectivity index is 0.000000208. The molecule has 6 aromatic rings. The SMILES string of the molecule is CN(CCN(C)C(=O)[C@@H]1CCCN1)Cc1ccc(-c2n[nH]c3cc(Br)ccc23)c(F)c1.CN(CCN(C)C(=O)[C@@H]1CCCN1C(=O)OC(C)(C)C)Cc1ccc(-c2n[nH]c3cc(Br)ccc23)c(F)c1. The van der Waals surface area contributed by atoms with Crippen LogP contribution in [0.1, 0.15) is 57.6 Å². The standard InChI is InChI=1S/C28H35BrFN5O3.C23H27BrFN5O/c1-28(2,3)38-27(37)35-12-6-7-24(35)26(36)34(5)14-13-33(4)17-18-8-10-20(22(30)15-18)25-21-11-9-19(29)16-23(21)31-32-25;1-29(10-11-30(2)23(31)20-4-3-9-26-20)14-15-5-7-17(19(25)12-15)22-18-8-6-16(24)13-21(18)27-28-22/h8-11,15-16,24H,6-7,12-14,17H2,1-5H3,(H,31,32);5-8,12-13,20,26H,3-4,9-11,14H2,1-2H3,(H,27,28)/t24-;20-/m00/s1. The summed E-state index contributed by atoms with van der Waals surface area (Å²) in [5.41, 5.74) is 4.92. The van der Waals surface area contributed by atoms with Gasteiger partial charge < -0.3 is 29.7 Å². The second kappa shape index (κ2) is 22.7. The van der Waals surface area contributed by atoms with Crippen molar-refractivity contribution < 1.29 is 27.9 Å². The van der Waals surface area contributed by atoms with Crippen molar-refractivity contribution in [3.8, 4) is 22.5 Å². The van der Waals surface area contributed by atoms with Crippen LogP contribution in [0, 0.1) is 11.6 Å². The number of fused-ring (bicyclic) bond motifs is 2. The molecule has 3 N–H and O–H groups in total. The van der Waals surface area contributed by atoms with Gasteiger partial charge in [-0.05, 0) is 139 Å². The highest BCUT2D eigenvalue weighted by atomic mass is 79.9. The van der Waals surface area contributed by atoms with E-state index in [1.165, 1.54) is 6.07 Å². The monoisotopic (exact) mass is 1070 g/mol. The lowest BCUT2D eigenvalue weighted by atomic mass is 10.0. The van der Waals surface area contributed by atoms with E-state index in [0.717, 1.165) is 74.2 Å². The first-order valence-electron chi connectivity index (χ1n) is 23.3. The maximum Gasteiger partial charge on any atom is 0.410 e. The van der Waals surface area contributed by atoms with Crippen molar-refractivity contribution in [1.82, 2.24) is 50.2 Å². The van der Waals surface area contributed by atoms with E-state index >= 15 is 4.39 Å². The molecule has 2 aliphatic heterocycles. The number of nitrogens with one attached hydrogen (secondary N) is 3. The van der Waals surface area contributed by atoms with Crippen LogP contribution < -0.4 is 5.32 Å². The molecule has 0 radical (unpaired) electrons. The summed E-state index contributed by atoms with van der Waals surface area (Å²) in [4.78, 5) is 47.2. The number of halogens is 4. The van der Waals surface area contributed by atoms with E-state index in [2.05, 4.69) is 62.5 Å². The predicted molar refractivity (Wildman–Crippen MR) is 273 cm³/mol. The molecule has 2 saturated heterocycles. The molecule has 0 saturated carbocycles. The lowest BCUT2D eigenvalue weighted by molar-refractivity contribution is -0.134. The first kappa shape index (κ1) is 51.6. The van der Waals surface area contributed by atoms with Crippen LogP contribution in [-0.4, -0.2) is 148 Å². The van der Waals surface area contributed by atoms with Gasteiger partial charge in [0.2, 0.25) is 11.8 Å². The fourth-order valence-corrected chi connectivity index (χ4v) is 9.44.